The number of rotatable bonds is 5. The van der Waals surface area contributed by atoms with Gasteiger partial charge in [-0.05, 0) is 36.6 Å². The van der Waals surface area contributed by atoms with Crippen LogP contribution in [0.2, 0.25) is 0 Å². The van der Waals surface area contributed by atoms with E-state index in [4.69, 9.17) is 10.00 Å². The zero-order chi connectivity index (χ0) is 12.8. The van der Waals surface area contributed by atoms with Crippen LogP contribution < -0.4 is 10.1 Å². The Hall–Kier alpha value is -2.02. The third kappa shape index (κ3) is 3.01. The number of unbranched alkanes of at least 4 members (excludes halogenated alkanes) is 2. The van der Waals surface area contributed by atoms with Crippen LogP contribution in [0.4, 0.5) is 0 Å². The summed E-state index contributed by atoms with van der Waals surface area (Å²) in [5, 5.41) is 11.3. The number of ether oxygens (including phenoxy) is 1. The fourth-order valence-electron chi connectivity index (χ4n) is 1.96. The molecule has 0 aliphatic carbocycles. The summed E-state index contributed by atoms with van der Waals surface area (Å²) < 4.78 is 5.40. The van der Waals surface area contributed by atoms with Crippen LogP contribution in [0, 0.1) is 11.3 Å². The average molecular weight is 244 g/mol. The van der Waals surface area contributed by atoms with E-state index in [9.17, 15) is 4.79 Å². The topological polar surface area (TPSA) is 62.1 Å². The highest BCUT2D eigenvalue weighted by molar-refractivity contribution is 5.94. The Labute approximate surface area is 107 Å². The van der Waals surface area contributed by atoms with Crippen molar-refractivity contribution in [3.8, 4) is 11.8 Å². The predicted molar refractivity (Wildman–Crippen MR) is 67.4 cm³/mol. The third-order valence-corrected chi connectivity index (χ3v) is 2.95. The van der Waals surface area contributed by atoms with E-state index in [0.29, 0.717) is 25.1 Å². The molecule has 0 atom stereocenters. The van der Waals surface area contributed by atoms with Gasteiger partial charge in [0.25, 0.3) is 5.91 Å². The van der Waals surface area contributed by atoms with Gasteiger partial charge in [-0.15, -0.1) is 0 Å². The van der Waals surface area contributed by atoms with Gasteiger partial charge in [0.05, 0.1) is 12.7 Å². The molecule has 0 saturated carbocycles. The van der Waals surface area contributed by atoms with Crippen molar-refractivity contribution < 1.29 is 9.53 Å². The minimum atomic E-state index is -0.0540. The summed E-state index contributed by atoms with van der Waals surface area (Å²) in [5.41, 5.74) is 1.78. The highest BCUT2D eigenvalue weighted by Crippen LogP contribution is 2.25. The Morgan fingerprint density at radius 1 is 1.44 bits per heavy atom. The molecule has 0 unspecified atom stereocenters. The lowest BCUT2D eigenvalue weighted by atomic mass is 10.1. The van der Waals surface area contributed by atoms with Crippen molar-refractivity contribution in [3.05, 3.63) is 29.3 Å². The van der Waals surface area contributed by atoms with Crippen LogP contribution in [0.25, 0.3) is 0 Å². The standard InChI is InChI=1S/C14H16N2O2/c15-7-2-1-3-8-16-14(17)12-4-5-13-11(10-12)6-9-18-13/h4-5,10H,1-3,6,8-9H2,(H,16,17). The normalized spacial score (nSPS) is 12.4. The molecule has 1 N–H and O–H groups in total. The fourth-order valence-corrected chi connectivity index (χ4v) is 1.96. The SMILES string of the molecule is N#CCCCCNC(=O)c1ccc2c(c1)CCO2. The van der Waals surface area contributed by atoms with E-state index in [1.54, 1.807) is 6.07 Å². The maximum atomic E-state index is 11.9. The number of nitriles is 1. The van der Waals surface area contributed by atoms with Crippen LogP contribution in [-0.2, 0) is 6.42 Å². The van der Waals surface area contributed by atoms with E-state index in [1.807, 2.05) is 12.1 Å². The molecule has 0 saturated heterocycles. The molecule has 1 aromatic carbocycles. The molecule has 1 amide bonds. The van der Waals surface area contributed by atoms with Gasteiger partial charge in [0, 0.05) is 24.9 Å². The molecular weight excluding hydrogens is 228 g/mol. The van der Waals surface area contributed by atoms with Crippen molar-refractivity contribution in [3.63, 3.8) is 0 Å². The predicted octanol–water partition coefficient (Wildman–Crippen LogP) is 2.05. The molecule has 0 fully saturated rings. The quantitative estimate of drug-likeness (QED) is 0.806. The molecule has 94 valence electrons. The Morgan fingerprint density at radius 2 is 2.33 bits per heavy atom. The number of benzene rings is 1. The number of fused-ring (bicyclic) bond motifs is 1. The molecule has 0 aromatic heterocycles. The molecule has 4 nitrogen and oxygen atoms in total. The number of nitrogens with zero attached hydrogens (tertiary/aromatic N) is 1. The maximum absolute atomic E-state index is 11.9. The minimum absolute atomic E-state index is 0.0540. The summed E-state index contributed by atoms with van der Waals surface area (Å²) in [7, 11) is 0. The summed E-state index contributed by atoms with van der Waals surface area (Å²) in [6.45, 7) is 1.32. The molecule has 2 rings (SSSR count). The zero-order valence-electron chi connectivity index (χ0n) is 10.2. The second-order valence-corrected chi connectivity index (χ2v) is 4.29. The zero-order valence-corrected chi connectivity index (χ0v) is 10.2. The maximum Gasteiger partial charge on any atom is 0.251 e. The largest absolute Gasteiger partial charge is 0.493 e. The van der Waals surface area contributed by atoms with Crippen LogP contribution in [0.3, 0.4) is 0 Å². The van der Waals surface area contributed by atoms with Crippen LogP contribution >= 0.6 is 0 Å². The van der Waals surface area contributed by atoms with E-state index in [-0.39, 0.29) is 5.91 Å². The Balaban J connectivity index is 1.84. The van der Waals surface area contributed by atoms with Crippen molar-refractivity contribution in [2.24, 2.45) is 0 Å². The smallest absolute Gasteiger partial charge is 0.251 e. The van der Waals surface area contributed by atoms with E-state index in [2.05, 4.69) is 11.4 Å². The van der Waals surface area contributed by atoms with Crippen LogP contribution in [-0.4, -0.2) is 19.1 Å². The van der Waals surface area contributed by atoms with Gasteiger partial charge in [0.1, 0.15) is 5.75 Å². The number of carbonyl (C=O) groups is 1. The number of amides is 1. The van der Waals surface area contributed by atoms with Gasteiger partial charge in [0.15, 0.2) is 0 Å². The second kappa shape index (κ2) is 6.06. The second-order valence-electron chi connectivity index (χ2n) is 4.29. The van der Waals surface area contributed by atoms with E-state index in [0.717, 1.165) is 30.6 Å². The summed E-state index contributed by atoms with van der Waals surface area (Å²) in [4.78, 5) is 11.9. The number of carbonyl (C=O) groups excluding carboxylic acids is 1. The first-order valence-electron chi connectivity index (χ1n) is 6.22. The lowest BCUT2D eigenvalue weighted by Crippen LogP contribution is -2.24. The van der Waals surface area contributed by atoms with Gasteiger partial charge in [-0.25, -0.2) is 0 Å². The van der Waals surface area contributed by atoms with Gasteiger partial charge >= 0.3 is 0 Å². The molecule has 1 aromatic rings. The van der Waals surface area contributed by atoms with Gasteiger partial charge in [-0.3, -0.25) is 4.79 Å². The molecular formula is C14H16N2O2. The summed E-state index contributed by atoms with van der Waals surface area (Å²) in [6, 6.07) is 7.63. The highest BCUT2D eigenvalue weighted by atomic mass is 16.5. The molecule has 1 heterocycles. The van der Waals surface area contributed by atoms with E-state index < -0.39 is 0 Å². The molecule has 0 radical (unpaired) electrons. The molecule has 1 aliphatic heterocycles. The lowest BCUT2D eigenvalue weighted by Gasteiger charge is -2.06. The third-order valence-electron chi connectivity index (χ3n) is 2.95. The molecule has 0 spiro atoms. The molecule has 18 heavy (non-hydrogen) atoms. The van der Waals surface area contributed by atoms with Crippen molar-refractivity contribution in [1.82, 2.24) is 5.32 Å². The van der Waals surface area contributed by atoms with Crippen molar-refractivity contribution in [2.75, 3.05) is 13.2 Å². The fraction of sp³-hybridized carbons (Fsp3) is 0.429. The molecule has 1 aliphatic rings. The van der Waals surface area contributed by atoms with Gasteiger partial charge < -0.3 is 10.1 Å². The Bertz CT molecular complexity index is 477. The van der Waals surface area contributed by atoms with Crippen molar-refractivity contribution in [1.29, 1.82) is 5.26 Å². The van der Waals surface area contributed by atoms with Crippen molar-refractivity contribution in [2.45, 2.75) is 25.7 Å². The number of hydrogen-bond donors (Lipinski definition) is 1. The first kappa shape index (κ1) is 12.4. The lowest BCUT2D eigenvalue weighted by molar-refractivity contribution is 0.0953. The van der Waals surface area contributed by atoms with Gasteiger partial charge in [-0.1, -0.05) is 0 Å². The molecule has 0 bridgehead atoms. The first-order chi connectivity index (χ1) is 8.81. The van der Waals surface area contributed by atoms with Crippen LogP contribution in [0.1, 0.15) is 35.2 Å². The van der Waals surface area contributed by atoms with Crippen LogP contribution in [0.15, 0.2) is 18.2 Å². The Kier molecular flexibility index (Phi) is 4.19. The van der Waals surface area contributed by atoms with E-state index in [1.165, 1.54) is 0 Å². The summed E-state index contributed by atoms with van der Waals surface area (Å²) in [6.07, 6.45) is 3.09. The highest BCUT2D eigenvalue weighted by Gasteiger charge is 2.14. The Morgan fingerprint density at radius 3 is 3.17 bits per heavy atom. The summed E-state index contributed by atoms with van der Waals surface area (Å²) in [5.74, 6) is 0.835. The van der Waals surface area contributed by atoms with Crippen LogP contribution in [0.5, 0.6) is 5.75 Å². The first-order valence-corrected chi connectivity index (χ1v) is 6.22. The molecule has 4 heteroatoms. The number of nitrogens with one attached hydrogen (secondary N) is 1. The van der Waals surface area contributed by atoms with E-state index >= 15 is 0 Å². The summed E-state index contributed by atoms with van der Waals surface area (Å²) >= 11 is 0. The number of hydrogen-bond acceptors (Lipinski definition) is 3. The minimum Gasteiger partial charge on any atom is -0.493 e. The monoisotopic (exact) mass is 244 g/mol. The van der Waals surface area contributed by atoms with Gasteiger partial charge in [-0.2, -0.15) is 5.26 Å². The average Bonchev–Trinajstić information content (AvgIpc) is 2.85. The van der Waals surface area contributed by atoms with Gasteiger partial charge in [0.2, 0.25) is 0 Å². The van der Waals surface area contributed by atoms with Crippen molar-refractivity contribution >= 4 is 5.91 Å².